The summed E-state index contributed by atoms with van der Waals surface area (Å²) in [6.07, 6.45) is 0.422. The Balaban J connectivity index is 2.24. The third-order valence-electron chi connectivity index (χ3n) is 3.26. The molecule has 102 valence electrons. The molecule has 1 aliphatic rings. The molecule has 19 heavy (non-hydrogen) atoms. The van der Waals surface area contributed by atoms with E-state index < -0.39 is 11.8 Å². The lowest BCUT2D eigenvalue weighted by atomic mass is 9.94. The van der Waals surface area contributed by atoms with E-state index in [0.717, 1.165) is 5.56 Å². The Morgan fingerprint density at radius 3 is 2.42 bits per heavy atom. The second-order valence-corrected chi connectivity index (χ2v) is 6.01. The fraction of sp³-hybridized carbons (Fsp3) is 0.467. The van der Waals surface area contributed by atoms with Crippen molar-refractivity contribution < 1.29 is 14.3 Å². The number of benzene rings is 1. The van der Waals surface area contributed by atoms with Crippen LogP contribution in [0.15, 0.2) is 30.3 Å². The van der Waals surface area contributed by atoms with E-state index in [-0.39, 0.29) is 17.7 Å². The maximum Gasteiger partial charge on any atom is 0.262 e. The minimum absolute atomic E-state index is 0.253. The van der Waals surface area contributed by atoms with Gasteiger partial charge in [-0.3, -0.25) is 9.59 Å². The summed E-state index contributed by atoms with van der Waals surface area (Å²) >= 11 is 0. The Morgan fingerprint density at radius 2 is 1.95 bits per heavy atom. The Bertz CT molecular complexity index is 478. The predicted molar refractivity (Wildman–Crippen MR) is 71.4 cm³/mol. The number of ether oxygens (including phenoxy) is 1. The van der Waals surface area contributed by atoms with Gasteiger partial charge in [-0.25, -0.2) is 0 Å². The summed E-state index contributed by atoms with van der Waals surface area (Å²) in [5.74, 6) is -0.355. The molecule has 0 spiro atoms. The minimum Gasteiger partial charge on any atom is -0.334 e. The Morgan fingerprint density at radius 1 is 1.32 bits per heavy atom. The molecule has 0 aliphatic carbocycles. The van der Waals surface area contributed by atoms with E-state index >= 15 is 0 Å². The maximum atomic E-state index is 12.1. The molecule has 1 amide bonds. The van der Waals surface area contributed by atoms with E-state index in [1.54, 1.807) is 0 Å². The van der Waals surface area contributed by atoms with Crippen molar-refractivity contribution in [3.8, 4) is 0 Å². The summed E-state index contributed by atoms with van der Waals surface area (Å²) in [5.41, 5.74) is -0.754. The van der Waals surface area contributed by atoms with Crippen LogP contribution in [0.4, 0.5) is 0 Å². The molecule has 0 unspecified atom stereocenters. The fourth-order valence-corrected chi connectivity index (χ4v) is 2.07. The van der Waals surface area contributed by atoms with E-state index in [1.807, 2.05) is 51.1 Å². The summed E-state index contributed by atoms with van der Waals surface area (Å²) in [6, 6.07) is 9.41. The molecule has 0 aromatic heterocycles. The van der Waals surface area contributed by atoms with Gasteiger partial charge in [-0.2, -0.15) is 0 Å². The topological polar surface area (TPSA) is 55.4 Å². The monoisotopic (exact) mass is 261 g/mol. The first kappa shape index (κ1) is 13.7. The highest BCUT2D eigenvalue weighted by Gasteiger charge is 2.51. The third-order valence-corrected chi connectivity index (χ3v) is 3.26. The molecule has 1 aromatic rings. The van der Waals surface area contributed by atoms with Crippen molar-refractivity contribution in [3.05, 3.63) is 35.9 Å². The average Bonchev–Trinajstić information content (AvgIpc) is 2.69. The molecule has 2 atom stereocenters. The molecule has 2 rings (SSSR count). The van der Waals surface area contributed by atoms with Crippen LogP contribution in [0.2, 0.25) is 0 Å². The van der Waals surface area contributed by atoms with Gasteiger partial charge < -0.3 is 10.1 Å². The summed E-state index contributed by atoms with van der Waals surface area (Å²) < 4.78 is 5.75. The van der Waals surface area contributed by atoms with Gasteiger partial charge in [-0.05, 0) is 5.56 Å². The second-order valence-electron chi connectivity index (χ2n) is 6.01. The first-order valence-corrected chi connectivity index (χ1v) is 6.36. The summed E-state index contributed by atoms with van der Waals surface area (Å²) in [6.45, 7) is 5.88. The Kier molecular flexibility index (Phi) is 3.45. The van der Waals surface area contributed by atoms with Crippen LogP contribution in [0.25, 0.3) is 0 Å². The largest absolute Gasteiger partial charge is 0.334 e. The first-order chi connectivity index (χ1) is 8.87. The van der Waals surface area contributed by atoms with Crippen molar-refractivity contribution in [2.45, 2.75) is 39.0 Å². The molecule has 1 saturated heterocycles. The van der Waals surface area contributed by atoms with Crippen LogP contribution < -0.4 is 5.32 Å². The summed E-state index contributed by atoms with van der Waals surface area (Å²) in [4.78, 5) is 23.6. The van der Waals surface area contributed by atoms with Crippen LogP contribution in [0.3, 0.4) is 0 Å². The van der Waals surface area contributed by atoms with Gasteiger partial charge in [0.05, 0.1) is 0 Å². The van der Waals surface area contributed by atoms with Gasteiger partial charge in [0.25, 0.3) is 5.91 Å². The van der Waals surface area contributed by atoms with Crippen LogP contribution in [0, 0.1) is 5.41 Å². The van der Waals surface area contributed by atoms with Crippen molar-refractivity contribution in [1.82, 2.24) is 5.32 Å². The van der Waals surface area contributed by atoms with Crippen LogP contribution in [0.1, 0.15) is 26.3 Å². The van der Waals surface area contributed by atoms with E-state index in [0.29, 0.717) is 6.29 Å². The Hall–Kier alpha value is -1.68. The van der Waals surface area contributed by atoms with Crippen molar-refractivity contribution in [3.63, 3.8) is 0 Å². The SMILES string of the molecule is CC(C)(C)[C@H]1NC(=O)[C@@](C=O)(Cc2ccccc2)O1. The number of nitrogens with one attached hydrogen (secondary N) is 1. The molecule has 0 saturated carbocycles. The normalized spacial score (nSPS) is 27.1. The lowest BCUT2D eigenvalue weighted by Crippen LogP contribution is -2.43. The zero-order chi connectivity index (χ0) is 14.1. The number of carbonyl (C=O) groups excluding carboxylic acids is 2. The number of carbonyl (C=O) groups is 2. The standard InChI is InChI=1S/C15H19NO3/c1-14(2,3)13-16-12(18)15(10-17,19-13)9-11-7-5-4-6-8-11/h4-8,10,13H,9H2,1-3H3,(H,16,18)/t13-,15-/m0/s1. The van der Waals surface area contributed by atoms with Gasteiger partial charge in [-0.15, -0.1) is 0 Å². The molecule has 1 fully saturated rings. The quantitative estimate of drug-likeness (QED) is 0.665. The highest BCUT2D eigenvalue weighted by Crippen LogP contribution is 2.31. The lowest BCUT2D eigenvalue weighted by Gasteiger charge is -2.27. The number of rotatable bonds is 3. The minimum atomic E-state index is -1.40. The van der Waals surface area contributed by atoms with E-state index in [4.69, 9.17) is 4.74 Å². The molecular formula is C15H19NO3. The van der Waals surface area contributed by atoms with Crippen LogP contribution >= 0.6 is 0 Å². The molecule has 4 nitrogen and oxygen atoms in total. The predicted octanol–water partition coefficient (Wildman–Crippen LogP) is 1.69. The van der Waals surface area contributed by atoms with Gasteiger partial charge in [0.15, 0.2) is 6.29 Å². The molecule has 0 bridgehead atoms. The lowest BCUT2D eigenvalue weighted by molar-refractivity contribution is -0.145. The third kappa shape index (κ3) is 2.68. The van der Waals surface area contributed by atoms with E-state index in [2.05, 4.69) is 5.32 Å². The fourth-order valence-electron chi connectivity index (χ4n) is 2.07. The van der Waals surface area contributed by atoms with E-state index in [1.165, 1.54) is 0 Å². The first-order valence-electron chi connectivity index (χ1n) is 6.36. The molecule has 4 heteroatoms. The molecule has 1 aliphatic heterocycles. The average molecular weight is 261 g/mol. The zero-order valence-electron chi connectivity index (χ0n) is 11.5. The van der Waals surface area contributed by atoms with Gasteiger partial charge in [0.1, 0.15) is 6.23 Å². The Labute approximate surface area is 113 Å². The van der Waals surface area contributed by atoms with Crippen LogP contribution in [-0.4, -0.2) is 24.0 Å². The molecule has 1 aromatic carbocycles. The summed E-state index contributed by atoms with van der Waals surface area (Å²) in [7, 11) is 0. The second kappa shape index (κ2) is 4.78. The molecule has 1 heterocycles. The van der Waals surface area contributed by atoms with Gasteiger partial charge in [0.2, 0.25) is 5.60 Å². The van der Waals surface area contributed by atoms with Gasteiger partial charge in [0, 0.05) is 11.8 Å². The number of hydrogen-bond acceptors (Lipinski definition) is 3. The smallest absolute Gasteiger partial charge is 0.262 e. The molecule has 1 N–H and O–H groups in total. The molecule has 0 radical (unpaired) electrons. The summed E-state index contributed by atoms with van der Waals surface area (Å²) in [5, 5.41) is 2.76. The van der Waals surface area contributed by atoms with Crippen LogP contribution in [0.5, 0.6) is 0 Å². The van der Waals surface area contributed by atoms with Crippen molar-refractivity contribution >= 4 is 12.2 Å². The van der Waals surface area contributed by atoms with Gasteiger partial charge >= 0.3 is 0 Å². The van der Waals surface area contributed by atoms with E-state index in [9.17, 15) is 9.59 Å². The number of hydrogen-bond donors (Lipinski definition) is 1. The highest BCUT2D eigenvalue weighted by atomic mass is 16.5. The van der Waals surface area contributed by atoms with Crippen molar-refractivity contribution in [1.29, 1.82) is 0 Å². The number of amides is 1. The van der Waals surface area contributed by atoms with Crippen LogP contribution in [-0.2, 0) is 20.7 Å². The highest BCUT2D eigenvalue weighted by molar-refractivity contribution is 6.02. The zero-order valence-corrected chi connectivity index (χ0v) is 11.5. The van der Waals surface area contributed by atoms with Gasteiger partial charge in [-0.1, -0.05) is 51.1 Å². The maximum absolute atomic E-state index is 12.1. The van der Waals surface area contributed by atoms with Crippen molar-refractivity contribution in [2.24, 2.45) is 5.41 Å². The molecular weight excluding hydrogens is 242 g/mol. The van der Waals surface area contributed by atoms with Crippen molar-refractivity contribution in [2.75, 3.05) is 0 Å². The number of aldehydes is 1.